The van der Waals surface area contributed by atoms with E-state index in [9.17, 15) is 4.79 Å². The largest absolute Gasteiger partial charge is 0.465 e. The number of nitrogen functional groups attached to an aromatic ring is 1. The van der Waals surface area contributed by atoms with Gasteiger partial charge in [-0.1, -0.05) is 11.6 Å². The molecule has 0 saturated heterocycles. The third kappa shape index (κ3) is 1.64. The average molecular weight is 243 g/mol. The summed E-state index contributed by atoms with van der Waals surface area (Å²) >= 11 is 6.98. The van der Waals surface area contributed by atoms with Crippen molar-refractivity contribution in [2.75, 3.05) is 12.8 Å². The SMILES string of the molecule is COC(=O)c1sc2ncc(Cl)cc2c1N. The van der Waals surface area contributed by atoms with E-state index >= 15 is 0 Å². The predicted molar refractivity (Wildman–Crippen MR) is 60.4 cm³/mol. The number of methoxy groups -OCH3 is 1. The molecule has 0 bridgehead atoms. The second kappa shape index (κ2) is 3.67. The molecule has 0 aliphatic heterocycles. The standard InChI is InChI=1S/C9H7ClN2O2S/c1-14-9(13)7-6(11)5-2-4(10)3-12-8(5)15-7/h2-3H,11H2,1H3. The molecule has 78 valence electrons. The predicted octanol–water partition coefficient (Wildman–Crippen LogP) is 2.32. The van der Waals surface area contributed by atoms with Gasteiger partial charge in [0.15, 0.2) is 0 Å². The third-order valence-corrected chi connectivity index (χ3v) is 3.24. The lowest BCUT2D eigenvalue weighted by Crippen LogP contribution is -2.01. The van der Waals surface area contributed by atoms with Crippen molar-refractivity contribution in [1.82, 2.24) is 4.98 Å². The van der Waals surface area contributed by atoms with Crippen LogP contribution in [0.2, 0.25) is 5.02 Å². The molecule has 0 spiro atoms. The maximum Gasteiger partial charge on any atom is 0.350 e. The number of esters is 1. The summed E-state index contributed by atoms with van der Waals surface area (Å²) in [4.78, 5) is 16.5. The lowest BCUT2D eigenvalue weighted by atomic mass is 10.3. The maximum absolute atomic E-state index is 11.3. The second-order valence-corrected chi connectivity index (χ2v) is 4.28. The summed E-state index contributed by atoms with van der Waals surface area (Å²) in [5, 5.41) is 1.18. The topological polar surface area (TPSA) is 65.2 Å². The lowest BCUT2D eigenvalue weighted by molar-refractivity contribution is 0.0607. The van der Waals surface area contributed by atoms with Crippen LogP contribution in [0.25, 0.3) is 10.2 Å². The monoisotopic (exact) mass is 242 g/mol. The third-order valence-electron chi connectivity index (χ3n) is 1.92. The fourth-order valence-electron chi connectivity index (χ4n) is 1.22. The molecule has 6 heteroatoms. The van der Waals surface area contributed by atoms with Crippen LogP contribution in [0, 0.1) is 0 Å². The van der Waals surface area contributed by atoms with E-state index in [2.05, 4.69) is 9.72 Å². The highest BCUT2D eigenvalue weighted by Crippen LogP contribution is 2.33. The molecule has 2 rings (SSSR count). The molecule has 0 radical (unpaired) electrons. The Morgan fingerprint density at radius 1 is 1.67 bits per heavy atom. The lowest BCUT2D eigenvalue weighted by Gasteiger charge is -1.95. The molecule has 2 N–H and O–H groups in total. The number of thiophene rings is 1. The first-order valence-corrected chi connectivity index (χ1v) is 5.24. The van der Waals surface area contributed by atoms with Crippen LogP contribution in [-0.2, 0) is 4.74 Å². The number of hydrogen-bond donors (Lipinski definition) is 1. The first kappa shape index (κ1) is 10.2. The summed E-state index contributed by atoms with van der Waals surface area (Å²) in [6.07, 6.45) is 1.51. The summed E-state index contributed by atoms with van der Waals surface area (Å²) in [6, 6.07) is 1.68. The van der Waals surface area contributed by atoms with Gasteiger partial charge in [0.2, 0.25) is 0 Å². The molecule has 0 aliphatic rings. The Morgan fingerprint density at radius 2 is 2.40 bits per heavy atom. The van der Waals surface area contributed by atoms with E-state index < -0.39 is 5.97 Å². The number of halogens is 1. The summed E-state index contributed by atoms with van der Waals surface area (Å²) in [6.45, 7) is 0. The summed E-state index contributed by atoms with van der Waals surface area (Å²) in [7, 11) is 1.31. The summed E-state index contributed by atoms with van der Waals surface area (Å²) < 4.78 is 4.61. The van der Waals surface area contributed by atoms with Gasteiger partial charge >= 0.3 is 5.97 Å². The van der Waals surface area contributed by atoms with Crippen LogP contribution in [0.4, 0.5) is 5.69 Å². The first-order valence-electron chi connectivity index (χ1n) is 4.05. The van der Waals surface area contributed by atoms with Gasteiger partial charge in [0.1, 0.15) is 9.71 Å². The smallest absolute Gasteiger partial charge is 0.350 e. The number of anilines is 1. The average Bonchev–Trinajstić information content (AvgIpc) is 2.55. The summed E-state index contributed by atoms with van der Waals surface area (Å²) in [5.74, 6) is -0.452. The molecule has 0 fully saturated rings. The minimum absolute atomic E-state index is 0.363. The van der Waals surface area contributed by atoms with E-state index in [0.717, 1.165) is 0 Å². The minimum atomic E-state index is -0.452. The second-order valence-electron chi connectivity index (χ2n) is 2.84. The van der Waals surface area contributed by atoms with Crippen molar-refractivity contribution in [1.29, 1.82) is 0 Å². The van der Waals surface area contributed by atoms with Gasteiger partial charge in [-0.2, -0.15) is 0 Å². The van der Waals surface area contributed by atoms with Crippen LogP contribution >= 0.6 is 22.9 Å². The van der Waals surface area contributed by atoms with Crippen molar-refractivity contribution in [3.63, 3.8) is 0 Å². The molecule has 2 heterocycles. The number of fused-ring (bicyclic) bond motifs is 1. The fourth-order valence-corrected chi connectivity index (χ4v) is 2.34. The molecular weight excluding hydrogens is 236 g/mol. The van der Waals surface area contributed by atoms with Crippen molar-refractivity contribution < 1.29 is 9.53 Å². The number of ether oxygens (including phenoxy) is 1. The van der Waals surface area contributed by atoms with Gasteiger partial charge < -0.3 is 10.5 Å². The van der Waals surface area contributed by atoms with Gasteiger partial charge in [-0.25, -0.2) is 9.78 Å². The maximum atomic E-state index is 11.3. The highest BCUT2D eigenvalue weighted by Gasteiger charge is 2.17. The Hall–Kier alpha value is -1.33. The van der Waals surface area contributed by atoms with Crippen LogP contribution in [0.3, 0.4) is 0 Å². The molecule has 0 aromatic carbocycles. The number of carbonyl (C=O) groups excluding carboxylic acids is 1. The van der Waals surface area contributed by atoms with Crippen molar-refractivity contribution >= 4 is 44.8 Å². The highest BCUT2D eigenvalue weighted by molar-refractivity contribution is 7.21. The van der Waals surface area contributed by atoms with E-state index in [1.54, 1.807) is 6.07 Å². The number of rotatable bonds is 1. The zero-order valence-electron chi connectivity index (χ0n) is 7.78. The van der Waals surface area contributed by atoms with Crippen molar-refractivity contribution in [2.24, 2.45) is 0 Å². The number of hydrogen-bond acceptors (Lipinski definition) is 5. The van der Waals surface area contributed by atoms with Gasteiger partial charge in [0.25, 0.3) is 0 Å². The van der Waals surface area contributed by atoms with Crippen LogP contribution in [0.5, 0.6) is 0 Å². The number of nitrogens with zero attached hydrogens (tertiary/aromatic N) is 1. The Labute approximate surface area is 94.6 Å². The Kier molecular flexibility index (Phi) is 2.50. The van der Waals surface area contributed by atoms with Crippen LogP contribution in [-0.4, -0.2) is 18.1 Å². The zero-order chi connectivity index (χ0) is 11.0. The Morgan fingerprint density at radius 3 is 3.07 bits per heavy atom. The quantitative estimate of drug-likeness (QED) is 0.780. The molecule has 2 aromatic rings. The molecule has 0 saturated carbocycles. The molecule has 0 unspecified atom stereocenters. The van der Waals surface area contributed by atoms with Gasteiger partial charge in [-0.05, 0) is 6.07 Å². The molecule has 15 heavy (non-hydrogen) atoms. The molecule has 4 nitrogen and oxygen atoms in total. The summed E-state index contributed by atoms with van der Waals surface area (Å²) in [5.41, 5.74) is 6.17. The number of carbonyl (C=O) groups is 1. The molecule has 0 aliphatic carbocycles. The first-order chi connectivity index (χ1) is 7.13. The van der Waals surface area contributed by atoms with Crippen molar-refractivity contribution in [2.45, 2.75) is 0 Å². The Bertz CT molecular complexity index is 538. The van der Waals surface area contributed by atoms with Crippen LogP contribution in [0.15, 0.2) is 12.3 Å². The highest BCUT2D eigenvalue weighted by atomic mass is 35.5. The normalized spacial score (nSPS) is 10.5. The molecule has 0 atom stereocenters. The van der Waals surface area contributed by atoms with Crippen molar-refractivity contribution in [3.05, 3.63) is 22.2 Å². The van der Waals surface area contributed by atoms with E-state index in [-0.39, 0.29) is 0 Å². The fraction of sp³-hybridized carbons (Fsp3) is 0.111. The van der Waals surface area contributed by atoms with Crippen molar-refractivity contribution in [3.8, 4) is 0 Å². The molecule has 2 aromatic heterocycles. The minimum Gasteiger partial charge on any atom is -0.465 e. The zero-order valence-corrected chi connectivity index (χ0v) is 9.35. The molecular formula is C9H7ClN2O2S. The van der Waals surface area contributed by atoms with E-state index in [0.29, 0.717) is 25.8 Å². The van der Waals surface area contributed by atoms with Crippen LogP contribution < -0.4 is 5.73 Å². The van der Waals surface area contributed by atoms with Crippen LogP contribution in [0.1, 0.15) is 9.67 Å². The van der Waals surface area contributed by atoms with E-state index in [4.69, 9.17) is 17.3 Å². The number of pyridine rings is 1. The number of aromatic nitrogens is 1. The number of nitrogens with two attached hydrogens (primary N) is 1. The van der Waals surface area contributed by atoms with Gasteiger partial charge in [0, 0.05) is 11.6 Å². The Balaban J connectivity index is 2.69. The van der Waals surface area contributed by atoms with Gasteiger partial charge in [0.05, 0.1) is 17.8 Å². The van der Waals surface area contributed by atoms with E-state index in [1.807, 2.05) is 0 Å². The van der Waals surface area contributed by atoms with Gasteiger partial charge in [-0.3, -0.25) is 0 Å². The molecule has 0 amide bonds. The van der Waals surface area contributed by atoms with Gasteiger partial charge in [-0.15, -0.1) is 11.3 Å². The van der Waals surface area contributed by atoms with E-state index in [1.165, 1.54) is 24.6 Å².